The van der Waals surface area contributed by atoms with E-state index >= 15 is 0 Å². The summed E-state index contributed by atoms with van der Waals surface area (Å²) in [6.45, 7) is 11.8. The highest BCUT2D eigenvalue weighted by Gasteiger charge is 2.43. The number of hydrogen-bond acceptors (Lipinski definition) is 9. The Morgan fingerprint density at radius 1 is 1.16 bits per heavy atom. The summed E-state index contributed by atoms with van der Waals surface area (Å²) in [5.74, 6) is -0.0423. The van der Waals surface area contributed by atoms with Crippen LogP contribution in [0.4, 0.5) is 0 Å². The topological polar surface area (TPSA) is 128 Å². The molecule has 3 aromatic rings. The minimum Gasteiger partial charge on any atom is -0.511 e. The molecule has 0 amide bonds. The Kier molecular flexibility index (Phi) is 9.27. The molecule has 0 bridgehead atoms. The zero-order valence-corrected chi connectivity index (χ0v) is 27.3. The minimum atomic E-state index is -4.16. The second-order valence-electron chi connectivity index (χ2n) is 12.7. The minimum absolute atomic E-state index is 0.0248. The Hall–Kier alpha value is -3.44. The third-order valence-corrected chi connectivity index (χ3v) is 9.55. The number of aliphatic hydroxyl groups excluding tert-OH is 1. The third-order valence-electron chi connectivity index (χ3n) is 7.27. The van der Waals surface area contributed by atoms with Gasteiger partial charge in [0, 0.05) is 24.6 Å². The van der Waals surface area contributed by atoms with E-state index in [-0.39, 0.29) is 39.5 Å². The summed E-state index contributed by atoms with van der Waals surface area (Å²) in [7, 11) is -2.49. The second kappa shape index (κ2) is 12.3. The van der Waals surface area contributed by atoms with Crippen LogP contribution in [-0.4, -0.2) is 39.8 Å². The van der Waals surface area contributed by atoms with Gasteiger partial charge in [0.25, 0.3) is 0 Å². The second-order valence-corrected chi connectivity index (χ2v) is 15.2. The Bertz CT molecular complexity index is 1630. The van der Waals surface area contributed by atoms with Crippen LogP contribution in [0, 0.1) is 12.8 Å². The Balaban J connectivity index is 1.64. The fourth-order valence-electron chi connectivity index (χ4n) is 5.23. The van der Waals surface area contributed by atoms with Gasteiger partial charge >= 0.3 is 16.1 Å². The molecule has 1 aliphatic rings. The molecule has 0 saturated carbocycles. The van der Waals surface area contributed by atoms with Gasteiger partial charge in [0.15, 0.2) is 0 Å². The molecule has 2 N–H and O–H groups in total. The summed E-state index contributed by atoms with van der Waals surface area (Å²) in [6.07, 6.45) is 4.66. The van der Waals surface area contributed by atoms with Gasteiger partial charge in [0.05, 0.1) is 6.33 Å². The number of phenols is 1. The molecule has 0 saturated heterocycles. The van der Waals surface area contributed by atoms with Crippen molar-refractivity contribution in [3.63, 3.8) is 0 Å². The van der Waals surface area contributed by atoms with Crippen molar-refractivity contribution < 1.29 is 32.3 Å². The predicted molar refractivity (Wildman–Crippen MR) is 166 cm³/mol. The summed E-state index contributed by atoms with van der Waals surface area (Å²) >= 11 is 1.12. The smallest absolute Gasteiger partial charge is 0.358 e. The molecular formula is C32H40N2O7S2. The summed E-state index contributed by atoms with van der Waals surface area (Å²) in [5, 5.41) is 20.7. The van der Waals surface area contributed by atoms with Crippen molar-refractivity contribution in [2.24, 2.45) is 13.0 Å². The van der Waals surface area contributed by atoms with Gasteiger partial charge in [-0.1, -0.05) is 58.5 Å². The largest absolute Gasteiger partial charge is 0.511 e. The molecule has 0 radical (unpaired) electrons. The van der Waals surface area contributed by atoms with Crippen LogP contribution in [0.5, 0.6) is 11.5 Å². The van der Waals surface area contributed by atoms with Crippen molar-refractivity contribution in [1.82, 2.24) is 9.55 Å². The van der Waals surface area contributed by atoms with Crippen LogP contribution in [0.15, 0.2) is 69.5 Å². The number of ether oxygens (including phenoxy) is 1. The van der Waals surface area contributed by atoms with Gasteiger partial charge in [-0.2, -0.15) is 8.42 Å². The van der Waals surface area contributed by atoms with Gasteiger partial charge in [-0.3, -0.25) is 0 Å². The molecule has 0 fully saturated rings. The number of esters is 1. The Morgan fingerprint density at radius 3 is 2.40 bits per heavy atom. The number of imidazole rings is 1. The van der Waals surface area contributed by atoms with Gasteiger partial charge in [-0.25, -0.2) is 9.78 Å². The maximum absolute atomic E-state index is 13.5. The molecule has 2 heterocycles. The summed E-state index contributed by atoms with van der Waals surface area (Å²) in [6, 6.07) is 10.4. The number of aliphatic hydroxyl groups is 1. The van der Waals surface area contributed by atoms with E-state index in [1.54, 1.807) is 38.2 Å². The van der Waals surface area contributed by atoms with Crippen molar-refractivity contribution in [2.75, 3.05) is 0 Å². The SMILES string of the molecule is Cc1cc(SC2=C(O)CC(CCc3ccc(O)cc3)(CC(C)C)OC2=O)c(C(C)(C)C)cc1OS(=O)(=O)c1cn(C)cn1. The zero-order chi connectivity index (χ0) is 31.7. The molecule has 2 aromatic carbocycles. The number of cyclic esters (lactones) is 1. The number of carbonyl (C=O) groups excluding carboxylic acids is 1. The molecule has 9 nitrogen and oxygen atoms in total. The highest BCUT2D eigenvalue weighted by Crippen LogP contribution is 2.46. The first-order valence-corrected chi connectivity index (χ1v) is 16.4. The fraction of sp³-hybridized carbons (Fsp3) is 0.438. The summed E-state index contributed by atoms with van der Waals surface area (Å²) < 4.78 is 39.0. The summed E-state index contributed by atoms with van der Waals surface area (Å²) in [4.78, 5) is 18.2. The van der Waals surface area contributed by atoms with Crippen molar-refractivity contribution >= 4 is 27.8 Å². The lowest BCUT2D eigenvalue weighted by atomic mass is 9.82. The molecule has 1 atom stereocenters. The number of rotatable bonds is 10. The molecule has 0 spiro atoms. The van der Waals surface area contributed by atoms with E-state index in [0.29, 0.717) is 29.7 Å². The van der Waals surface area contributed by atoms with Crippen LogP contribution in [0.2, 0.25) is 0 Å². The first-order chi connectivity index (χ1) is 20.0. The van der Waals surface area contributed by atoms with E-state index in [0.717, 1.165) is 22.9 Å². The van der Waals surface area contributed by atoms with Gasteiger partial charge in [0.1, 0.15) is 27.8 Å². The van der Waals surface area contributed by atoms with Crippen molar-refractivity contribution in [1.29, 1.82) is 0 Å². The third kappa shape index (κ3) is 7.75. The molecule has 232 valence electrons. The number of benzene rings is 2. The highest BCUT2D eigenvalue weighted by molar-refractivity contribution is 8.04. The van der Waals surface area contributed by atoms with Crippen LogP contribution >= 0.6 is 11.8 Å². The van der Waals surface area contributed by atoms with E-state index < -0.39 is 27.1 Å². The molecule has 1 aliphatic heterocycles. The van der Waals surface area contributed by atoms with Gasteiger partial charge in [-0.05, 0) is 78.5 Å². The van der Waals surface area contributed by atoms with Gasteiger partial charge in [-0.15, -0.1) is 0 Å². The molecule has 0 aliphatic carbocycles. The molecular weight excluding hydrogens is 588 g/mol. The number of aryl methyl sites for hydroxylation is 3. The predicted octanol–water partition coefficient (Wildman–Crippen LogP) is 6.73. The first kappa shape index (κ1) is 32.5. The average Bonchev–Trinajstić information content (AvgIpc) is 3.33. The number of aromatic hydroxyl groups is 1. The number of carbonyl (C=O) groups is 1. The number of nitrogens with zero attached hydrogens (tertiary/aromatic N) is 2. The van der Waals surface area contributed by atoms with E-state index in [2.05, 4.69) is 18.8 Å². The van der Waals surface area contributed by atoms with Gasteiger partial charge in [0.2, 0.25) is 5.03 Å². The van der Waals surface area contributed by atoms with Crippen molar-refractivity contribution in [3.05, 3.63) is 76.3 Å². The van der Waals surface area contributed by atoms with Crippen LogP contribution in [0.3, 0.4) is 0 Å². The normalized spacial score (nSPS) is 17.8. The fourth-order valence-corrected chi connectivity index (χ4v) is 7.45. The molecule has 4 rings (SSSR count). The average molecular weight is 629 g/mol. The molecule has 11 heteroatoms. The maximum atomic E-state index is 13.5. The monoisotopic (exact) mass is 628 g/mol. The quantitative estimate of drug-likeness (QED) is 0.186. The first-order valence-electron chi connectivity index (χ1n) is 14.2. The van der Waals surface area contributed by atoms with Crippen LogP contribution in [0.1, 0.15) is 70.6 Å². The summed E-state index contributed by atoms with van der Waals surface area (Å²) in [5.41, 5.74) is 0.968. The lowest BCUT2D eigenvalue weighted by Gasteiger charge is -2.38. The van der Waals surface area contributed by atoms with Crippen LogP contribution in [-0.2, 0) is 38.5 Å². The number of thioether (sulfide) groups is 1. The van der Waals surface area contributed by atoms with Crippen LogP contribution in [0.25, 0.3) is 0 Å². The Morgan fingerprint density at radius 2 is 1.84 bits per heavy atom. The zero-order valence-electron chi connectivity index (χ0n) is 25.7. The standard InChI is InChI=1S/C32H40N2O7S2/c1-20(2)16-32(13-12-22-8-10-23(35)11-9-22)17-25(36)29(30(37)40-32)42-27-14-21(3)26(15-24(27)31(4,5)6)41-43(38,39)28-18-34(7)19-33-28/h8-11,14-15,18-20,35-36H,12-13,16-17H2,1-7H3. The maximum Gasteiger partial charge on any atom is 0.358 e. The molecule has 1 unspecified atom stereocenters. The van der Waals surface area contributed by atoms with Crippen molar-refractivity contribution in [3.8, 4) is 11.5 Å². The Labute approximate surface area is 258 Å². The van der Waals surface area contributed by atoms with Gasteiger partial charge < -0.3 is 23.7 Å². The lowest BCUT2D eigenvalue weighted by Crippen LogP contribution is -2.41. The highest BCUT2D eigenvalue weighted by atomic mass is 32.2. The van der Waals surface area contributed by atoms with E-state index in [9.17, 15) is 23.4 Å². The number of hydrogen-bond donors (Lipinski definition) is 2. The number of aromatic nitrogens is 2. The van der Waals surface area contributed by atoms with E-state index in [1.165, 1.54) is 17.1 Å². The van der Waals surface area contributed by atoms with Crippen LogP contribution < -0.4 is 4.18 Å². The van der Waals surface area contributed by atoms with Crippen molar-refractivity contribution in [2.45, 2.75) is 88.2 Å². The lowest BCUT2D eigenvalue weighted by molar-refractivity contribution is -0.160. The molecule has 43 heavy (non-hydrogen) atoms. The number of phenolic OH excluding ortho intramolecular Hbond substituents is 1. The van der Waals surface area contributed by atoms with E-state index in [4.69, 9.17) is 8.92 Å². The molecule has 1 aromatic heterocycles. The van der Waals surface area contributed by atoms with E-state index in [1.807, 2.05) is 32.9 Å².